The fraction of sp³-hybridized carbons (Fsp3) is 0.333. The number of hydrogen-bond acceptors (Lipinski definition) is 6. The van der Waals surface area contributed by atoms with Crippen molar-refractivity contribution in [3.05, 3.63) is 33.9 Å². The van der Waals surface area contributed by atoms with Gasteiger partial charge < -0.3 is 20.3 Å². The minimum atomic E-state index is -1.29. The highest BCUT2D eigenvalue weighted by Crippen LogP contribution is 2.24. The fourth-order valence-corrected chi connectivity index (χ4v) is 1.60. The first-order valence-corrected chi connectivity index (χ1v) is 5.87. The number of nitro benzene ring substituents is 1. The molecule has 9 nitrogen and oxygen atoms in total. The second-order valence-corrected chi connectivity index (χ2v) is 4.02. The van der Waals surface area contributed by atoms with E-state index in [0.717, 1.165) is 12.1 Å². The van der Waals surface area contributed by atoms with Gasteiger partial charge in [0.1, 0.15) is 11.8 Å². The van der Waals surface area contributed by atoms with E-state index in [4.69, 9.17) is 14.9 Å². The van der Waals surface area contributed by atoms with E-state index in [9.17, 15) is 19.7 Å². The van der Waals surface area contributed by atoms with E-state index in [1.807, 2.05) is 0 Å². The minimum absolute atomic E-state index is 0.0349. The van der Waals surface area contributed by atoms with Crippen molar-refractivity contribution < 1.29 is 29.5 Å². The summed E-state index contributed by atoms with van der Waals surface area (Å²) in [7, 11) is 1.23. The summed E-state index contributed by atoms with van der Waals surface area (Å²) in [6, 6.07) is 2.09. The molecular weight excluding hydrogens is 284 g/mol. The molecule has 1 rings (SSSR count). The van der Waals surface area contributed by atoms with Crippen molar-refractivity contribution in [3.8, 4) is 5.75 Å². The number of aliphatic hydroxyl groups is 1. The van der Waals surface area contributed by atoms with Gasteiger partial charge in [0.15, 0.2) is 0 Å². The van der Waals surface area contributed by atoms with Gasteiger partial charge in [-0.3, -0.25) is 14.9 Å². The van der Waals surface area contributed by atoms with Crippen LogP contribution in [0.3, 0.4) is 0 Å². The Bertz CT molecular complexity index is 559. The van der Waals surface area contributed by atoms with Crippen LogP contribution in [0.15, 0.2) is 18.2 Å². The predicted molar refractivity (Wildman–Crippen MR) is 70.2 cm³/mol. The van der Waals surface area contributed by atoms with E-state index < -0.39 is 29.4 Å². The zero-order valence-electron chi connectivity index (χ0n) is 11.1. The maximum Gasteiger partial charge on any atom is 0.326 e. The van der Waals surface area contributed by atoms with Crippen LogP contribution in [0.25, 0.3) is 0 Å². The average Bonchev–Trinajstić information content (AvgIpc) is 2.45. The van der Waals surface area contributed by atoms with Gasteiger partial charge in [0, 0.05) is 19.1 Å². The van der Waals surface area contributed by atoms with Crippen LogP contribution in [0.2, 0.25) is 0 Å². The summed E-state index contributed by atoms with van der Waals surface area (Å²) in [6.07, 6.45) is -0.156. The molecular formula is C12H14N2O7. The number of carboxylic acid groups (broad SMARTS) is 1. The quantitative estimate of drug-likeness (QED) is 0.481. The number of aliphatic hydroxyl groups excluding tert-OH is 1. The topological polar surface area (TPSA) is 139 Å². The lowest BCUT2D eigenvalue weighted by Gasteiger charge is -2.14. The zero-order chi connectivity index (χ0) is 16.0. The van der Waals surface area contributed by atoms with E-state index >= 15 is 0 Å². The molecule has 114 valence electrons. The van der Waals surface area contributed by atoms with Crippen molar-refractivity contribution in [1.82, 2.24) is 5.32 Å². The van der Waals surface area contributed by atoms with Gasteiger partial charge in [-0.15, -0.1) is 0 Å². The molecule has 1 aromatic carbocycles. The molecule has 0 bridgehead atoms. The first kappa shape index (κ1) is 16.4. The molecule has 0 saturated carbocycles. The number of amides is 1. The van der Waals surface area contributed by atoms with Crippen molar-refractivity contribution in [2.75, 3.05) is 13.7 Å². The fourth-order valence-electron chi connectivity index (χ4n) is 1.60. The van der Waals surface area contributed by atoms with Crippen LogP contribution >= 0.6 is 0 Å². The lowest BCUT2D eigenvalue weighted by atomic mass is 10.1. The summed E-state index contributed by atoms with van der Waals surface area (Å²) < 4.78 is 4.90. The van der Waals surface area contributed by atoms with Crippen molar-refractivity contribution >= 4 is 17.6 Å². The third kappa shape index (κ3) is 4.14. The van der Waals surface area contributed by atoms with Crippen LogP contribution in [0.5, 0.6) is 5.75 Å². The van der Waals surface area contributed by atoms with Gasteiger partial charge >= 0.3 is 5.97 Å². The lowest BCUT2D eigenvalue weighted by Crippen LogP contribution is -2.41. The Morgan fingerprint density at radius 2 is 2.14 bits per heavy atom. The highest BCUT2D eigenvalue weighted by Gasteiger charge is 2.23. The molecule has 1 atom stereocenters. The standard InChI is InChI=1S/C12H14N2O7/c1-21-10-6-7(14(19)20)2-3-8(10)11(16)13-9(4-5-15)12(17)18/h2-3,6,9,15H,4-5H2,1H3,(H,13,16)(H,17,18)/t9-/m1/s1. The second-order valence-electron chi connectivity index (χ2n) is 4.02. The molecule has 21 heavy (non-hydrogen) atoms. The molecule has 0 aliphatic heterocycles. The lowest BCUT2D eigenvalue weighted by molar-refractivity contribution is -0.384. The van der Waals surface area contributed by atoms with Crippen LogP contribution in [0.1, 0.15) is 16.8 Å². The number of benzene rings is 1. The number of nitro groups is 1. The molecule has 0 aliphatic rings. The van der Waals surface area contributed by atoms with Crippen molar-refractivity contribution in [2.45, 2.75) is 12.5 Å². The molecule has 0 radical (unpaired) electrons. The largest absolute Gasteiger partial charge is 0.496 e. The molecule has 9 heteroatoms. The van der Waals surface area contributed by atoms with Crippen LogP contribution in [0.4, 0.5) is 5.69 Å². The summed E-state index contributed by atoms with van der Waals surface area (Å²) >= 11 is 0. The van der Waals surface area contributed by atoms with Crippen LogP contribution in [0, 0.1) is 10.1 Å². The Morgan fingerprint density at radius 3 is 2.62 bits per heavy atom. The maximum absolute atomic E-state index is 12.0. The molecule has 0 unspecified atom stereocenters. The number of methoxy groups -OCH3 is 1. The highest BCUT2D eigenvalue weighted by atomic mass is 16.6. The average molecular weight is 298 g/mol. The number of carbonyl (C=O) groups is 2. The summed E-state index contributed by atoms with van der Waals surface area (Å²) in [6.45, 7) is -0.408. The SMILES string of the molecule is COc1cc([N+](=O)[O-])ccc1C(=O)N[C@H](CCO)C(=O)O. The molecule has 0 heterocycles. The van der Waals surface area contributed by atoms with Gasteiger partial charge in [0.05, 0.1) is 23.7 Å². The van der Waals surface area contributed by atoms with Gasteiger partial charge in [-0.25, -0.2) is 4.79 Å². The van der Waals surface area contributed by atoms with Crippen molar-refractivity contribution in [1.29, 1.82) is 0 Å². The Kier molecular flexibility index (Phi) is 5.61. The number of ether oxygens (including phenoxy) is 1. The number of rotatable bonds is 7. The Hall–Kier alpha value is -2.68. The Balaban J connectivity index is 3.01. The molecule has 0 aromatic heterocycles. The predicted octanol–water partition coefficient (Wildman–Crippen LogP) is 0.169. The van der Waals surface area contributed by atoms with Gasteiger partial charge in [-0.2, -0.15) is 0 Å². The molecule has 0 aliphatic carbocycles. The van der Waals surface area contributed by atoms with E-state index in [1.54, 1.807) is 0 Å². The number of non-ortho nitro benzene ring substituents is 1. The molecule has 0 spiro atoms. The number of aliphatic carboxylic acids is 1. The van der Waals surface area contributed by atoms with E-state index in [2.05, 4.69) is 5.32 Å². The van der Waals surface area contributed by atoms with Gasteiger partial charge in [0.2, 0.25) is 0 Å². The van der Waals surface area contributed by atoms with Gasteiger partial charge in [0.25, 0.3) is 11.6 Å². The smallest absolute Gasteiger partial charge is 0.326 e. The third-order valence-corrected chi connectivity index (χ3v) is 2.66. The van der Waals surface area contributed by atoms with Crippen LogP contribution in [-0.2, 0) is 4.79 Å². The van der Waals surface area contributed by atoms with Crippen molar-refractivity contribution in [3.63, 3.8) is 0 Å². The third-order valence-electron chi connectivity index (χ3n) is 2.66. The Morgan fingerprint density at radius 1 is 1.48 bits per heavy atom. The van der Waals surface area contributed by atoms with Crippen LogP contribution < -0.4 is 10.1 Å². The Labute approximate surface area is 119 Å². The number of hydrogen-bond donors (Lipinski definition) is 3. The summed E-state index contributed by atoms with van der Waals surface area (Å²) in [4.78, 5) is 32.9. The molecule has 1 amide bonds. The van der Waals surface area contributed by atoms with E-state index in [-0.39, 0.29) is 23.4 Å². The first-order chi connectivity index (χ1) is 9.90. The molecule has 0 saturated heterocycles. The zero-order valence-corrected chi connectivity index (χ0v) is 11.1. The summed E-state index contributed by atoms with van der Waals surface area (Å²) in [5.41, 5.74) is -0.291. The number of nitrogens with one attached hydrogen (secondary N) is 1. The molecule has 3 N–H and O–H groups in total. The molecule has 1 aromatic rings. The molecule has 0 fully saturated rings. The highest BCUT2D eigenvalue weighted by molar-refractivity contribution is 5.99. The van der Waals surface area contributed by atoms with Gasteiger partial charge in [-0.1, -0.05) is 0 Å². The van der Waals surface area contributed by atoms with E-state index in [1.165, 1.54) is 13.2 Å². The minimum Gasteiger partial charge on any atom is -0.496 e. The first-order valence-electron chi connectivity index (χ1n) is 5.87. The summed E-state index contributed by atoms with van der Waals surface area (Å²) in [5, 5.41) is 30.5. The maximum atomic E-state index is 12.0. The van der Waals surface area contributed by atoms with E-state index in [0.29, 0.717) is 0 Å². The van der Waals surface area contributed by atoms with Crippen molar-refractivity contribution in [2.24, 2.45) is 0 Å². The van der Waals surface area contributed by atoms with Crippen LogP contribution in [-0.4, -0.2) is 46.8 Å². The monoisotopic (exact) mass is 298 g/mol. The number of carboxylic acids is 1. The second kappa shape index (κ2) is 7.20. The number of nitrogens with zero attached hydrogens (tertiary/aromatic N) is 1. The van der Waals surface area contributed by atoms with Gasteiger partial charge in [-0.05, 0) is 6.07 Å². The summed E-state index contributed by atoms with van der Waals surface area (Å²) in [5.74, 6) is -2.10. The normalized spacial score (nSPS) is 11.5. The number of carbonyl (C=O) groups excluding carboxylic acids is 1.